The summed E-state index contributed by atoms with van der Waals surface area (Å²) < 4.78 is 43.2. The van der Waals surface area contributed by atoms with E-state index in [4.69, 9.17) is 4.74 Å². The number of aliphatic hydroxyl groups excluding tert-OH is 1. The second-order valence-corrected chi connectivity index (χ2v) is 6.33. The van der Waals surface area contributed by atoms with Crippen LogP contribution in [0.5, 0.6) is 0 Å². The number of aliphatic hydroxyl groups is 1. The molecule has 0 aromatic rings. The largest absolute Gasteiger partial charge is 0.414 e. The van der Waals surface area contributed by atoms with Gasteiger partial charge in [0.1, 0.15) is 0 Å². The average molecular weight is 338 g/mol. The molecule has 0 spiro atoms. The van der Waals surface area contributed by atoms with Gasteiger partial charge in [-0.25, -0.2) is 4.79 Å². The summed E-state index contributed by atoms with van der Waals surface area (Å²) in [5.41, 5.74) is 0. The number of likely N-dealkylation sites (tertiary alicyclic amines) is 1. The van der Waals surface area contributed by atoms with Crippen LogP contribution < -0.4 is 5.32 Å². The monoisotopic (exact) mass is 338 g/mol. The zero-order chi connectivity index (χ0) is 17.0. The van der Waals surface area contributed by atoms with Crippen molar-refractivity contribution in [2.45, 2.75) is 63.5 Å². The van der Waals surface area contributed by atoms with Crippen LogP contribution in [0.25, 0.3) is 0 Å². The third-order valence-corrected chi connectivity index (χ3v) is 4.77. The molecule has 0 aliphatic carbocycles. The van der Waals surface area contributed by atoms with E-state index < -0.39 is 18.2 Å². The van der Waals surface area contributed by atoms with Gasteiger partial charge in [-0.2, -0.15) is 13.2 Å². The van der Waals surface area contributed by atoms with Gasteiger partial charge in [0.25, 0.3) is 0 Å². The van der Waals surface area contributed by atoms with Gasteiger partial charge in [0, 0.05) is 19.7 Å². The normalized spacial score (nSPS) is 26.1. The van der Waals surface area contributed by atoms with E-state index in [2.05, 4.69) is 5.32 Å². The van der Waals surface area contributed by atoms with Crippen LogP contribution in [0.2, 0.25) is 0 Å². The molecule has 134 valence electrons. The van der Waals surface area contributed by atoms with Crippen molar-refractivity contribution in [2.24, 2.45) is 5.92 Å². The summed E-state index contributed by atoms with van der Waals surface area (Å²) in [6, 6.07) is -0.323. The molecule has 2 aliphatic heterocycles. The first-order valence-corrected chi connectivity index (χ1v) is 8.24. The second-order valence-electron chi connectivity index (χ2n) is 6.33. The Balaban J connectivity index is 1.81. The predicted octanol–water partition coefficient (Wildman–Crippen LogP) is 2.29. The highest BCUT2D eigenvalue weighted by atomic mass is 19.4. The first kappa shape index (κ1) is 18.3. The number of rotatable bonds is 4. The van der Waals surface area contributed by atoms with Crippen molar-refractivity contribution < 1.29 is 27.8 Å². The number of piperidine rings is 1. The van der Waals surface area contributed by atoms with Crippen molar-refractivity contribution in [1.29, 1.82) is 0 Å². The van der Waals surface area contributed by atoms with Crippen LogP contribution in [0.1, 0.15) is 39.0 Å². The summed E-state index contributed by atoms with van der Waals surface area (Å²) in [6.07, 6.45) is -3.91. The first-order valence-electron chi connectivity index (χ1n) is 8.24. The minimum absolute atomic E-state index is 0.0218. The fraction of sp³-hybridized carbons (Fsp3) is 0.933. The van der Waals surface area contributed by atoms with E-state index in [0.717, 1.165) is 19.3 Å². The van der Waals surface area contributed by atoms with E-state index in [-0.39, 0.29) is 44.1 Å². The number of halogens is 3. The minimum Gasteiger partial charge on any atom is -0.383 e. The SMILES string of the molecule is CCC(NC(=O)N1CCC(C(O)C(F)(F)F)CC1)C1CCCO1. The van der Waals surface area contributed by atoms with Crippen molar-refractivity contribution in [3.63, 3.8) is 0 Å². The van der Waals surface area contributed by atoms with E-state index in [1.165, 1.54) is 4.90 Å². The molecule has 23 heavy (non-hydrogen) atoms. The van der Waals surface area contributed by atoms with Gasteiger partial charge in [0.2, 0.25) is 0 Å². The topological polar surface area (TPSA) is 61.8 Å². The van der Waals surface area contributed by atoms with Crippen molar-refractivity contribution in [3.8, 4) is 0 Å². The summed E-state index contributed by atoms with van der Waals surface area (Å²) in [5.74, 6) is -0.834. The fourth-order valence-electron chi connectivity index (χ4n) is 3.31. The Morgan fingerprint density at radius 3 is 2.48 bits per heavy atom. The molecule has 2 N–H and O–H groups in total. The Bertz CT molecular complexity index is 392. The lowest BCUT2D eigenvalue weighted by Crippen LogP contribution is -2.52. The van der Waals surface area contributed by atoms with Gasteiger partial charge in [-0.1, -0.05) is 6.92 Å². The van der Waals surface area contributed by atoms with Crippen molar-refractivity contribution in [3.05, 3.63) is 0 Å². The molecule has 0 saturated carbocycles. The Kier molecular flexibility index (Phi) is 6.13. The minimum atomic E-state index is -4.60. The van der Waals surface area contributed by atoms with Gasteiger partial charge in [-0.3, -0.25) is 0 Å². The molecule has 5 nitrogen and oxygen atoms in total. The van der Waals surface area contributed by atoms with Crippen molar-refractivity contribution in [1.82, 2.24) is 10.2 Å². The lowest BCUT2D eigenvalue weighted by Gasteiger charge is -2.36. The van der Waals surface area contributed by atoms with Crippen LogP contribution in [-0.2, 0) is 4.74 Å². The van der Waals surface area contributed by atoms with Crippen LogP contribution in [0.15, 0.2) is 0 Å². The number of nitrogens with zero attached hydrogens (tertiary/aromatic N) is 1. The molecule has 0 radical (unpaired) electrons. The van der Waals surface area contributed by atoms with Crippen LogP contribution in [0, 0.1) is 5.92 Å². The highest BCUT2D eigenvalue weighted by Gasteiger charge is 2.44. The molecule has 2 amide bonds. The maximum absolute atomic E-state index is 12.5. The van der Waals surface area contributed by atoms with E-state index in [1.54, 1.807) is 0 Å². The summed E-state index contributed by atoms with van der Waals surface area (Å²) in [5, 5.41) is 12.2. The number of urea groups is 1. The van der Waals surface area contributed by atoms with Gasteiger partial charge < -0.3 is 20.1 Å². The summed E-state index contributed by atoms with van der Waals surface area (Å²) >= 11 is 0. The molecule has 0 aromatic carbocycles. The lowest BCUT2D eigenvalue weighted by molar-refractivity contribution is -0.222. The average Bonchev–Trinajstić information content (AvgIpc) is 3.05. The number of hydrogen-bond acceptors (Lipinski definition) is 3. The zero-order valence-electron chi connectivity index (χ0n) is 13.3. The summed E-state index contributed by atoms with van der Waals surface area (Å²) in [4.78, 5) is 13.8. The molecular weight excluding hydrogens is 313 g/mol. The number of ether oxygens (including phenoxy) is 1. The van der Waals surface area contributed by atoms with Gasteiger partial charge in [-0.15, -0.1) is 0 Å². The van der Waals surface area contributed by atoms with E-state index in [1.807, 2.05) is 6.92 Å². The number of alkyl halides is 3. The molecule has 2 fully saturated rings. The molecule has 3 unspecified atom stereocenters. The Labute approximate surface area is 134 Å². The van der Waals surface area contributed by atoms with E-state index >= 15 is 0 Å². The second kappa shape index (κ2) is 7.70. The number of amides is 2. The van der Waals surface area contributed by atoms with Crippen LogP contribution >= 0.6 is 0 Å². The van der Waals surface area contributed by atoms with E-state index in [0.29, 0.717) is 6.61 Å². The van der Waals surface area contributed by atoms with E-state index in [9.17, 15) is 23.1 Å². The number of hydrogen-bond donors (Lipinski definition) is 2. The van der Waals surface area contributed by atoms with Gasteiger partial charge in [-0.05, 0) is 38.0 Å². The lowest BCUT2D eigenvalue weighted by atomic mass is 9.91. The highest BCUT2D eigenvalue weighted by molar-refractivity contribution is 5.74. The molecule has 2 heterocycles. The third-order valence-electron chi connectivity index (χ3n) is 4.77. The van der Waals surface area contributed by atoms with Gasteiger partial charge in [0.05, 0.1) is 12.1 Å². The quantitative estimate of drug-likeness (QED) is 0.827. The molecule has 0 aromatic heterocycles. The zero-order valence-corrected chi connectivity index (χ0v) is 13.3. The Morgan fingerprint density at radius 1 is 1.35 bits per heavy atom. The third kappa shape index (κ3) is 4.73. The summed E-state index contributed by atoms with van der Waals surface area (Å²) in [7, 11) is 0. The Hall–Kier alpha value is -1.02. The highest BCUT2D eigenvalue weighted by Crippen LogP contribution is 2.31. The number of carbonyl (C=O) groups is 1. The standard InChI is InChI=1S/C15H25F3N2O3/c1-2-11(12-4-3-9-23-12)19-14(22)20-7-5-10(6-8-20)13(21)15(16,17)18/h10-13,21H,2-9H2,1H3,(H,19,22). The van der Waals surface area contributed by atoms with Crippen LogP contribution in [-0.4, -0.2) is 60.2 Å². The maximum atomic E-state index is 12.5. The summed E-state index contributed by atoms with van der Waals surface area (Å²) in [6.45, 7) is 3.13. The number of nitrogens with one attached hydrogen (secondary N) is 1. The first-order chi connectivity index (χ1) is 10.8. The smallest absolute Gasteiger partial charge is 0.383 e. The van der Waals surface area contributed by atoms with Crippen LogP contribution in [0.4, 0.5) is 18.0 Å². The predicted molar refractivity (Wildman–Crippen MR) is 77.9 cm³/mol. The number of carbonyl (C=O) groups excluding carboxylic acids is 1. The maximum Gasteiger partial charge on any atom is 0.414 e. The Morgan fingerprint density at radius 2 is 2.00 bits per heavy atom. The van der Waals surface area contributed by atoms with Gasteiger partial charge in [0.15, 0.2) is 6.10 Å². The molecule has 2 rings (SSSR count). The van der Waals surface area contributed by atoms with Crippen LogP contribution in [0.3, 0.4) is 0 Å². The van der Waals surface area contributed by atoms with Crippen molar-refractivity contribution >= 4 is 6.03 Å². The molecule has 0 bridgehead atoms. The molecule has 8 heteroatoms. The fourth-order valence-corrected chi connectivity index (χ4v) is 3.31. The molecule has 2 saturated heterocycles. The van der Waals surface area contributed by atoms with Gasteiger partial charge >= 0.3 is 12.2 Å². The molecule has 3 atom stereocenters. The molecular formula is C15H25F3N2O3. The van der Waals surface area contributed by atoms with Crippen molar-refractivity contribution in [2.75, 3.05) is 19.7 Å². The molecule has 2 aliphatic rings.